The summed E-state index contributed by atoms with van der Waals surface area (Å²) in [5.41, 5.74) is 1.40. The van der Waals surface area contributed by atoms with Gasteiger partial charge in [-0.15, -0.1) is 0 Å². The Hall–Kier alpha value is -2.03. The van der Waals surface area contributed by atoms with Crippen LogP contribution in [0, 0.1) is 5.82 Å². The molecule has 1 aliphatic heterocycles. The average molecular weight is 465 g/mol. The van der Waals surface area contributed by atoms with Gasteiger partial charge >= 0.3 is 0 Å². The number of halogens is 2. The van der Waals surface area contributed by atoms with Crippen molar-refractivity contribution in [3.8, 4) is 0 Å². The Kier molecular flexibility index (Phi) is 6.41. The molecular formula is C19H14BrFN2O2S2. The number of benzene rings is 2. The lowest BCUT2D eigenvalue weighted by atomic mass is 10.2. The molecule has 3 rings (SSSR count). The van der Waals surface area contributed by atoms with Crippen LogP contribution >= 0.6 is 39.9 Å². The van der Waals surface area contributed by atoms with E-state index in [1.165, 1.54) is 40.9 Å². The zero-order valence-electron chi connectivity index (χ0n) is 13.9. The van der Waals surface area contributed by atoms with Crippen LogP contribution in [0.5, 0.6) is 0 Å². The molecule has 0 saturated carbocycles. The van der Waals surface area contributed by atoms with Crippen molar-refractivity contribution in [1.82, 2.24) is 4.90 Å². The molecule has 2 aromatic rings. The van der Waals surface area contributed by atoms with E-state index < -0.39 is 0 Å². The van der Waals surface area contributed by atoms with Crippen LogP contribution < -0.4 is 5.32 Å². The van der Waals surface area contributed by atoms with Gasteiger partial charge in [0.1, 0.15) is 10.1 Å². The van der Waals surface area contributed by atoms with Crippen molar-refractivity contribution in [1.29, 1.82) is 0 Å². The van der Waals surface area contributed by atoms with Crippen LogP contribution in [-0.2, 0) is 9.59 Å². The fourth-order valence-electron chi connectivity index (χ4n) is 2.37. The van der Waals surface area contributed by atoms with Crippen molar-refractivity contribution < 1.29 is 14.0 Å². The minimum Gasteiger partial charge on any atom is -0.326 e. The number of amides is 2. The van der Waals surface area contributed by atoms with Gasteiger partial charge in [-0.1, -0.05) is 52.0 Å². The number of nitrogens with one attached hydrogen (secondary N) is 1. The number of thioether (sulfide) groups is 1. The van der Waals surface area contributed by atoms with Gasteiger partial charge in [-0.3, -0.25) is 14.5 Å². The zero-order chi connectivity index (χ0) is 19.4. The van der Waals surface area contributed by atoms with Gasteiger partial charge in [0, 0.05) is 23.1 Å². The normalized spacial score (nSPS) is 15.5. The fourth-order valence-corrected chi connectivity index (χ4v) is 3.95. The van der Waals surface area contributed by atoms with E-state index in [0.717, 1.165) is 10.0 Å². The molecule has 0 unspecified atom stereocenters. The molecule has 4 nitrogen and oxygen atoms in total. The molecule has 2 aromatic carbocycles. The smallest absolute Gasteiger partial charge is 0.266 e. The number of carbonyl (C=O) groups excluding carboxylic acids is 2. The highest BCUT2D eigenvalue weighted by molar-refractivity contribution is 9.10. The standard InChI is InChI=1S/C19H14BrFN2O2S2/c20-13-3-1-12(2-4-13)11-16-18(25)23(19(26)27-16)10-9-17(24)22-15-7-5-14(21)6-8-15/h1-8,11H,9-10H2,(H,22,24)/b16-11-. The van der Waals surface area contributed by atoms with E-state index in [1.54, 1.807) is 6.08 Å². The molecule has 0 bridgehead atoms. The molecule has 2 amide bonds. The van der Waals surface area contributed by atoms with Crippen molar-refractivity contribution in [3.05, 3.63) is 69.3 Å². The van der Waals surface area contributed by atoms with E-state index in [2.05, 4.69) is 21.2 Å². The monoisotopic (exact) mass is 464 g/mol. The van der Waals surface area contributed by atoms with Crippen molar-refractivity contribution in [3.63, 3.8) is 0 Å². The van der Waals surface area contributed by atoms with Crippen LogP contribution in [0.25, 0.3) is 6.08 Å². The number of hydrogen-bond donors (Lipinski definition) is 1. The largest absolute Gasteiger partial charge is 0.326 e. The number of anilines is 1. The first-order valence-electron chi connectivity index (χ1n) is 7.99. The molecule has 1 aliphatic rings. The molecule has 0 radical (unpaired) electrons. The Morgan fingerprint density at radius 3 is 2.52 bits per heavy atom. The predicted octanol–water partition coefficient (Wildman–Crippen LogP) is 4.82. The second kappa shape index (κ2) is 8.77. The summed E-state index contributed by atoms with van der Waals surface area (Å²) >= 11 is 9.87. The van der Waals surface area contributed by atoms with Gasteiger partial charge in [-0.2, -0.15) is 0 Å². The molecule has 138 valence electrons. The highest BCUT2D eigenvalue weighted by Gasteiger charge is 2.32. The average Bonchev–Trinajstić information content (AvgIpc) is 2.90. The summed E-state index contributed by atoms with van der Waals surface area (Å²) in [5, 5.41) is 2.67. The lowest BCUT2D eigenvalue weighted by Gasteiger charge is -2.14. The third-order valence-corrected chi connectivity index (χ3v) is 5.64. The first kappa shape index (κ1) is 19.7. The van der Waals surface area contributed by atoms with E-state index >= 15 is 0 Å². The molecule has 0 aliphatic carbocycles. The summed E-state index contributed by atoms with van der Waals surface area (Å²) < 4.78 is 14.3. The van der Waals surface area contributed by atoms with E-state index in [1.807, 2.05) is 24.3 Å². The second-order valence-electron chi connectivity index (χ2n) is 5.69. The predicted molar refractivity (Wildman–Crippen MR) is 114 cm³/mol. The van der Waals surface area contributed by atoms with Gasteiger partial charge in [-0.05, 0) is 48.0 Å². The number of nitrogens with zero attached hydrogens (tertiary/aromatic N) is 1. The van der Waals surface area contributed by atoms with E-state index in [0.29, 0.717) is 14.9 Å². The summed E-state index contributed by atoms with van der Waals surface area (Å²) in [4.78, 5) is 26.6. The topological polar surface area (TPSA) is 49.4 Å². The third kappa shape index (κ3) is 5.24. The summed E-state index contributed by atoms with van der Waals surface area (Å²) in [5.74, 6) is -0.849. The number of hydrogen-bond acceptors (Lipinski definition) is 4. The highest BCUT2D eigenvalue weighted by Crippen LogP contribution is 2.32. The second-order valence-corrected chi connectivity index (χ2v) is 8.28. The van der Waals surface area contributed by atoms with Gasteiger partial charge in [0.05, 0.1) is 4.91 Å². The first-order valence-corrected chi connectivity index (χ1v) is 10.0. The summed E-state index contributed by atoms with van der Waals surface area (Å²) in [6.45, 7) is 0.190. The van der Waals surface area contributed by atoms with E-state index in [-0.39, 0.29) is 30.6 Å². The van der Waals surface area contributed by atoms with Gasteiger partial charge < -0.3 is 5.32 Å². The van der Waals surface area contributed by atoms with E-state index in [9.17, 15) is 14.0 Å². The molecule has 1 heterocycles. The van der Waals surface area contributed by atoms with Crippen LogP contribution in [0.2, 0.25) is 0 Å². The Labute approximate surface area is 173 Å². The minimum absolute atomic E-state index is 0.0926. The van der Waals surface area contributed by atoms with Gasteiger partial charge in [0.25, 0.3) is 5.91 Å². The SMILES string of the molecule is O=C(CCN1C(=O)/C(=C/c2ccc(Br)cc2)SC1=S)Nc1ccc(F)cc1. The van der Waals surface area contributed by atoms with Crippen LogP contribution in [0.3, 0.4) is 0 Å². The Morgan fingerprint density at radius 1 is 1.19 bits per heavy atom. The summed E-state index contributed by atoms with van der Waals surface area (Å²) in [7, 11) is 0. The van der Waals surface area contributed by atoms with Gasteiger partial charge in [0.15, 0.2) is 0 Å². The maximum absolute atomic E-state index is 12.9. The molecule has 0 atom stereocenters. The molecule has 1 fully saturated rings. The molecule has 0 aromatic heterocycles. The Bertz CT molecular complexity index is 914. The molecule has 1 N–H and O–H groups in total. The van der Waals surface area contributed by atoms with Crippen LogP contribution in [0.1, 0.15) is 12.0 Å². The van der Waals surface area contributed by atoms with Crippen LogP contribution in [0.4, 0.5) is 10.1 Å². The Morgan fingerprint density at radius 2 is 1.85 bits per heavy atom. The van der Waals surface area contributed by atoms with Crippen molar-refractivity contribution in [2.75, 3.05) is 11.9 Å². The molecule has 8 heteroatoms. The fraction of sp³-hybridized carbons (Fsp3) is 0.105. The quantitative estimate of drug-likeness (QED) is 0.508. The van der Waals surface area contributed by atoms with Crippen molar-refractivity contribution in [2.24, 2.45) is 0 Å². The minimum atomic E-state index is -0.372. The van der Waals surface area contributed by atoms with Gasteiger partial charge in [-0.25, -0.2) is 4.39 Å². The third-order valence-electron chi connectivity index (χ3n) is 3.73. The lowest BCUT2D eigenvalue weighted by Crippen LogP contribution is -2.31. The summed E-state index contributed by atoms with van der Waals surface area (Å²) in [6, 6.07) is 13.1. The maximum Gasteiger partial charge on any atom is 0.266 e. The van der Waals surface area contributed by atoms with Crippen molar-refractivity contribution in [2.45, 2.75) is 6.42 Å². The molecular weight excluding hydrogens is 451 g/mol. The number of rotatable bonds is 5. The summed E-state index contributed by atoms with van der Waals surface area (Å²) in [6.07, 6.45) is 1.87. The first-order chi connectivity index (χ1) is 12.9. The van der Waals surface area contributed by atoms with E-state index in [4.69, 9.17) is 12.2 Å². The maximum atomic E-state index is 12.9. The molecule has 27 heavy (non-hydrogen) atoms. The number of thiocarbonyl (C=S) groups is 1. The number of carbonyl (C=O) groups is 2. The lowest BCUT2D eigenvalue weighted by molar-refractivity contribution is -0.122. The van der Waals surface area contributed by atoms with Crippen LogP contribution in [0.15, 0.2) is 57.9 Å². The zero-order valence-corrected chi connectivity index (χ0v) is 17.2. The Balaban J connectivity index is 1.59. The highest BCUT2D eigenvalue weighted by atomic mass is 79.9. The van der Waals surface area contributed by atoms with Crippen LogP contribution in [-0.4, -0.2) is 27.6 Å². The molecule has 1 saturated heterocycles. The van der Waals surface area contributed by atoms with Crippen molar-refractivity contribution >= 4 is 67.8 Å². The van der Waals surface area contributed by atoms with Gasteiger partial charge in [0.2, 0.25) is 5.91 Å². The molecule has 0 spiro atoms.